The van der Waals surface area contributed by atoms with Crippen molar-refractivity contribution in [2.45, 2.75) is 25.9 Å². The molecular weight excluding hydrogens is 108 g/mol. The summed E-state index contributed by atoms with van der Waals surface area (Å²) in [5.41, 5.74) is 0. The van der Waals surface area contributed by atoms with Crippen LogP contribution in [0.2, 0.25) is 0 Å². The summed E-state index contributed by atoms with van der Waals surface area (Å²) in [4.78, 5) is 0. The van der Waals surface area contributed by atoms with Crippen LogP contribution in [0.25, 0.3) is 0 Å². The van der Waals surface area contributed by atoms with Crippen LogP contribution in [-0.2, 0) is 4.74 Å². The smallest absolute Gasteiger partial charge is 0.160 e. The van der Waals surface area contributed by atoms with Gasteiger partial charge >= 0.3 is 0 Å². The van der Waals surface area contributed by atoms with Crippen LogP contribution >= 0.6 is 12.2 Å². The van der Waals surface area contributed by atoms with E-state index in [-0.39, 0.29) is 0 Å². The van der Waals surface area contributed by atoms with E-state index in [1.165, 1.54) is 0 Å². The fourth-order valence-electron chi connectivity index (χ4n) is 0.663. The van der Waals surface area contributed by atoms with E-state index in [1.807, 2.05) is 6.92 Å². The summed E-state index contributed by atoms with van der Waals surface area (Å²) < 4.78 is 5.09. The zero-order chi connectivity index (χ0) is 5.28. The van der Waals surface area contributed by atoms with Crippen LogP contribution in [-0.4, -0.2) is 11.2 Å². The SMILES string of the molecule is C[C@H]1CCC(=S)O1. The number of thiocarbonyl (C=S) groups is 1. The number of hydrogen-bond donors (Lipinski definition) is 0. The van der Waals surface area contributed by atoms with Crippen LogP contribution in [0.3, 0.4) is 0 Å². The standard InChI is InChI=1S/C5H8OS/c1-4-2-3-5(7)6-4/h4H,2-3H2,1H3/t4-/m0/s1. The van der Waals surface area contributed by atoms with Gasteiger partial charge in [0.2, 0.25) is 0 Å². The van der Waals surface area contributed by atoms with Gasteiger partial charge < -0.3 is 4.74 Å². The Morgan fingerprint density at radius 1 is 1.86 bits per heavy atom. The summed E-state index contributed by atoms with van der Waals surface area (Å²) in [5.74, 6) is 0. The highest BCUT2D eigenvalue weighted by molar-refractivity contribution is 7.80. The highest BCUT2D eigenvalue weighted by Gasteiger charge is 2.14. The van der Waals surface area contributed by atoms with Crippen molar-refractivity contribution in [2.24, 2.45) is 0 Å². The van der Waals surface area contributed by atoms with Crippen molar-refractivity contribution in [1.29, 1.82) is 0 Å². The summed E-state index contributed by atoms with van der Waals surface area (Å²) >= 11 is 4.77. The van der Waals surface area contributed by atoms with Crippen LogP contribution in [0.15, 0.2) is 0 Å². The summed E-state index contributed by atoms with van der Waals surface area (Å²) in [6, 6.07) is 0. The fourth-order valence-corrected chi connectivity index (χ4v) is 0.945. The van der Waals surface area contributed by atoms with E-state index in [0.717, 1.165) is 17.9 Å². The molecule has 0 N–H and O–H groups in total. The minimum atomic E-state index is 0.382. The molecule has 1 atom stereocenters. The monoisotopic (exact) mass is 116 g/mol. The lowest BCUT2D eigenvalue weighted by molar-refractivity contribution is 0.245. The molecule has 0 aromatic rings. The Hall–Kier alpha value is -0.110. The van der Waals surface area contributed by atoms with Crippen molar-refractivity contribution >= 4 is 17.3 Å². The highest BCUT2D eigenvalue weighted by Crippen LogP contribution is 2.13. The second-order valence-corrected chi connectivity index (χ2v) is 2.29. The van der Waals surface area contributed by atoms with Gasteiger partial charge in [-0.3, -0.25) is 0 Å². The second-order valence-electron chi connectivity index (χ2n) is 1.84. The van der Waals surface area contributed by atoms with E-state index in [4.69, 9.17) is 17.0 Å². The van der Waals surface area contributed by atoms with Gasteiger partial charge in [0, 0.05) is 6.42 Å². The lowest BCUT2D eigenvalue weighted by atomic mass is 10.3. The van der Waals surface area contributed by atoms with Gasteiger partial charge in [0.1, 0.15) is 0 Å². The van der Waals surface area contributed by atoms with Crippen molar-refractivity contribution in [3.05, 3.63) is 0 Å². The quantitative estimate of drug-likeness (QED) is 0.444. The number of rotatable bonds is 0. The molecule has 0 radical (unpaired) electrons. The summed E-state index contributed by atoms with van der Waals surface area (Å²) in [6.07, 6.45) is 2.47. The first-order valence-electron chi connectivity index (χ1n) is 2.48. The molecule has 0 amide bonds. The minimum Gasteiger partial charge on any atom is -0.484 e. The molecule has 0 aromatic carbocycles. The van der Waals surface area contributed by atoms with Gasteiger partial charge in [-0.15, -0.1) is 0 Å². The predicted molar refractivity (Wildman–Crippen MR) is 32.4 cm³/mol. The largest absolute Gasteiger partial charge is 0.484 e. The van der Waals surface area contributed by atoms with E-state index in [2.05, 4.69) is 0 Å². The molecule has 7 heavy (non-hydrogen) atoms. The van der Waals surface area contributed by atoms with Gasteiger partial charge in [-0.05, 0) is 25.6 Å². The van der Waals surface area contributed by atoms with Crippen LogP contribution in [0, 0.1) is 0 Å². The van der Waals surface area contributed by atoms with Gasteiger partial charge in [0.25, 0.3) is 0 Å². The number of ether oxygens (including phenoxy) is 1. The maximum Gasteiger partial charge on any atom is 0.160 e. The molecule has 0 spiro atoms. The van der Waals surface area contributed by atoms with E-state index >= 15 is 0 Å². The Morgan fingerprint density at radius 2 is 2.57 bits per heavy atom. The Bertz CT molecular complexity index is 90.1. The third kappa shape index (κ3) is 1.13. The third-order valence-corrected chi connectivity index (χ3v) is 1.39. The molecule has 0 aliphatic carbocycles. The first-order valence-corrected chi connectivity index (χ1v) is 2.89. The molecule has 2 heteroatoms. The maximum atomic E-state index is 5.09. The van der Waals surface area contributed by atoms with Crippen molar-refractivity contribution in [1.82, 2.24) is 0 Å². The average molecular weight is 116 g/mol. The summed E-state index contributed by atoms with van der Waals surface area (Å²) in [7, 11) is 0. The van der Waals surface area contributed by atoms with Crippen LogP contribution in [0.4, 0.5) is 0 Å². The van der Waals surface area contributed by atoms with E-state index in [1.54, 1.807) is 0 Å². The molecule has 0 aromatic heterocycles. The maximum absolute atomic E-state index is 5.09. The molecule has 1 aliphatic rings. The molecular formula is C5H8OS. The second kappa shape index (κ2) is 1.78. The highest BCUT2D eigenvalue weighted by atomic mass is 32.1. The Labute approximate surface area is 48.7 Å². The van der Waals surface area contributed by atoms with Crippen molar-refractivity contribution in [2.75, 3.05) is 0 Å². The van der Waals surface area contributed by atoms with Crippen molar-refractivity contribution in [3.8, 4) is 0 Å². The Kier molecular flexibility index (Phi) is 1.28. The molecule has 1 rings (SSSR count). The minimum absolute atomic E-state index is 0.382. The summed E-state index contributed by atoms with van der Waals surface area (Å²) in [6.45, 7) is 2.04. The number of hydrogen-bond acceptors (Lipinski definition) is 2. The van der Waals surface area contributed by atoms with Crippen LogP contribution in [0.5, 0.6) is 0 Å². The molecule has 1 nitrogen and oxygen atoms in total. The van der Waals surface area contributed by atoms with E-state index < -0.39 is 0 Å². The topological polar surface area (TPSA) is 9.23 Å². The van der Waals surface area contributed by atoms with Gasteiger partial charge in [-0.25, -0.2) is 0 Å². The fraction of sp³-hybridized carbons (Fsp3) is 0.800. The molecule has 1 fully saturated rings. The van der Waals surface area contributed by atoms with Crippen molar-refractivity contribution in [3.63, 3.8) is 0 Å². The van der Waals surface area contributed by atoms with E-state index in [9.17, 15) is 0 Å². The normalized spacial score (nSPS) is 30.4. The van der Waals surface area contributed by atoms with Gasteiger partial charge in [0.05, 0.1) is 6.10 Å². The molecule has 1 aliphatic heterocycles. The Balaban J connectivity index is 2.40. The molecule has 1 saturated heterocycles. The zero-order valence-electron chi connectivity index (χ0n) is 4.31. The molecule has 0 unspecified atom stereocenters. The third-order valence-electron chi connectivity index (χ3n) is 1.09. The van der Waals surface area contributed by atoms with Crippen LogP contribution < -0.4 is 0 Å². The lowest BCUT2D eigenvalue weighted by Gasteiger charge is -1.97. The first-order chi connectivity index (χ1) is 3.29. The van der Waals surface area contributed by atoms with Crippen molar-refractivity contribution < 1.29 is 4.74 Å². The molecule has 0 bridgehead atoms. The zero-order valence-corrected chi connectivity index (χ0v) is 5.12. The lowest BCUT2D eigenvalue weighted by Crippen LogP contribution is -1.97. The predicted octanol–water partition coefficient (Wildman–Crippen LogP) is 1.51. The first kappa shape index (κ1) is 5.04. The molecule has 0 saturated carbocycles. The van der Waals surface area contributed by atoms with Gasteiger partial charge in [0.15, 0.2) is 5.05 Å². The van der Waals surface area contributed by atoms with E-state index in [0.29, 0.717) is 6.10 Å². The average Bonchev–Trinajstić information content (AvgIpc) is 1.87. The van der Waals surface area contributed by atoms with Gasteiger partial charge in [-0.2, -0.15) is 0 Å². The Morgan fingerprint density at radius 3 is 2.71 bits per heavy atom. The van der Waals surface area contributed by atoms with Gasteiger partial charge in [-0.1, -0.05) is 0 Å². The summed E-state index contributed by atoms with van der Waals surface area (Å²) in [5, 5.41) is 0.785. The molecule has 1 heterocycles. The van der Waals surface area contributed by atoms with Crippen LogP contribution in [0.1, 0.15) is 19.8 Å². The molecule has 40 valence electrons.